The fourth-order valence-corrected chi connectivity index (χ4v) is 3.91. The summed E-state index contributed by atoms with van der Waals surface area (Å²) in [6, 6.07) is 7.62. The standard InChI is InChI=1S/C20H23N7O/c28-20(16-6-2-9-21-14-16)26-11-3-10-25(12-13-26)18-8-7-17-22-23-19(27(17)24-18)15-4-1-5-15/h2,6-9,14-15H,1,3-5,10-13H2. The van der Waals surface area contributed by atoms with E-state index in [-0.39, 0.29) is 5.91 Å². The van der Waals surface area contributed by atoms with E-state index >= 15 is 0 Å². The predicted molar refractivity (Wildman–Crippen MR) is 104 cm³/mol. The van der Waals surface area contributed by atoms with Gasteiger partial charge < -0.3 is 9.80 Å². The van der Waals surface area contributed by atoms with Gasteiger partial charge in [0.25, 0.3) is 5.91 Å². The summed E-state index contributed by atoms with van der Waals surface area (Å²) in [4.78, 5) is 20.9. The molecule has 0 radical (unpaired) electrons. The molecule has 28 heavy (non-hydrogen) atoms. The second-order valence-corrected chi connectivity index (χ2v) is 7.52. The van der Waals surface area contributed by atoms with Crippen molar-refractivity contribution >= 4 is 17.4 Å². The van der Waals surface area contributed by atoms with Crippen molar-refractivity contribution in [1.29, 1.82) is 0 Å². The highest BCUT2D eigenvalue weighted by molar-refractivity contribution is 5.93. The summed E-state index contributed by atoms with van der Waals surface area (Å²) in [5.41, 5.74) is 1.44. The number of carbonyl (C=O) groups is 1. The van der Waals surface area contributed by atoms with Crippen LogP contribution in [0.2, 0.25) is 0 Å². The monoisotopic (exact) mass is 377 g/mol. The maximum Gasteiger partial charge on any atom is 0.255 e. The molecule has 1 aliphatic carbocycles. The highest BCUT2D eigenvalue weighted by atomic mass is 16.2. The third-order valence-corrected chi connectivity index (χ3v) is 5.76. The Bertz CT molecular complexity index is 983. The molecular formula is C20H23N7O. The van der Waals surface area contributed by atoms with Crippen molar-refractivity contribution in [1.82, 2.24) is 29.7 Å². The SMILES string of the molecule is O=C(c1cccnc1)N1CCCN(c2ccc3nnc(C4CCC4)n3n2)CC1. The Kier molecular flexibility index (Phi) is 4.38. The first-order valence-electron chi connectivity index (χ1n) is 9.96. The molecule has 8 heteroatoms. The molecule has 4 heterocycles. The molecule has 1 amide bonds. The number of aromatic nitrogens is 5. The zero-order valence-electron chi connectivity index (χ0n) is 15.7. The van der Waals surface area contributed by atoms with Gasteiger partial charge in [0, 0.05) is 44.5 Å². The van der Waals surface area contributed by atoms with Crippen molar-refractivity contribution in [2.75, 3.05) is 31.1 Å². The Balaban J connectivity index is 1.34. The van der Waals surface area contributed by atoms with E-state index in [1.54, 1.807) is 18.5 Å². The normalized spacial score (nSPS) is 18.1. The Morgan fingerprint density at radius 2 is 1.93 bits per heavy atom. The van der Waals surface area contributed by atoms with Crippen LogP contribution in [0.15, 0.2) is 36.7 Å². The molecule has 0 bridgehead atoms. The van der Waals surface area contributed by atoms with Crippen LogP contribution < -0.4 is 4.90 Å². The summed E-state index contributed by atoms with van der Waals surface area (Å²) in [6.45, 7) is 3.04. The van der Waals surface area contributed by atoms with E-state index in [4.69, 9.17) is 5.10 Å². The first-order chi connectivity index (χ1) is 13.8. The van der Waals surface area contributed by atoms with E-state index < -0.39 is 0 Å². The van der Waals surface area contributed by atoms with Crippen molar-refractivity contribution in [3.8, 4) is 0 Å². The molecule has 144 valence electrons. The van der Waals surface area contributed by atoms with E-state index in [0.29, 0.717) is 18.0 Å². The maximum atomic E-state index is 12.7. The molecule has 1 saturated carbocycles. The van der Waals surface area contributed by atoms with Gasteiger partial charge in [0.1, 0.15) is 5.82 Å². The summed E-state index contributed by atoms with van der Waals surface area (Å²) in [5.74, 6) is 2.42. The Morgan fingerprint density at radius 1 is 1.00 bits per heavy atom. The van der Waals surface area contributed by atoms with Crippen LogP contribution in [0.25, 0.3) is 5.65 Å². The molecule has 0 unspecified atom stereocenters. The van der Waals surface area contributed by atoms with Gasteiger partial charge in [0.2, 0.25) is 0 Å². The van der Waals surface area contributed by atoms with E-state index in [0.717, 1.165) is 43.3 Å². The lowest BCUT2D eigenvalue weighted by molar-refractivity contribution is 0.0766. The highest BCUT2D eigenvalue weighted by Gasteiger charge is 2.26. The Hall–Kier alpha value is -3.03. The van der Waals surface area contributed by atoms with Gasteiger partial charge in [-0.15, -0.1) is 15.3 Å². The molecule has 1 saturated heterocycles. The van der Waals surface area contributed by atoms with Crippen molar-refractivity contribution in [3.05, 3.63) is 48.0 Å². The van der Waals surface area contributed by atoms with Crippen LogP contribution in [0.3, 0.4) is 0 Å². The summed E-state index contributed by atoms with van der Waals surface area (Å²) in [6.07, 6.45) is 7.82. The Labute approximate surface area is 163 Å². The lowest BCUT2D eigenvalue weighted by Gasteiger charge is -2.24. The predicted octanol–water partition coefficient (Wildman–Crippen LogP) is 2.14. The average Bonchev–Trinajstić information content (AvgIpc) is 2.94. The molecule has 1 aliphatic heterocycles. The molecule has 2 fully saturated rings. The third kappa shape index (κ3) is 3.08. The van der Waals surface area contributed by atoms with E-state index in [2.05, 4.69) is 20.1 Å². The number of anilines is 1. The molecule has 8 nitrogen and oxygen atoms in total. The second kappa shape index (κ2) is 7.18. The lowest BCUT2D eigenvalue weighted by Crippen LogP contribution is -2.35. The number of amides is 1. The third-order valence-electron chi connectivity index (χ3n) is 5.76. The fourth-order valence-electron chi connectivity index (χ4n) is 3.91. The van der Waals surface area contributed by atoms with E-state index in [9.17, 15) is 4.79 Å². The number of hydrogen-bond donors (Lipinski definition) is 0. The Morgan fingerprint density at radius 3 is 2.71 bits per heavy atom. The van der Waals surface area contributed by atoms with Crippen molar-refractivity contribution in [2.45, 2.75) is 31.6 Å². The lowest BCUT2D eigenvalue weighted by atomic mass is 9.85. The number of fused-ring (bicyclic) bond motifs is 1. The number of nitrogens with zero attached hydrogens (tertiary/aromatic N) is 7. The van der Waals surface area contributed by atoms with E-state index in [1.807, 2.05) is 27.6 Å². The van der Waals surface area contributed by atoms with Crippen molar-refractivity contribution in [2.24, 2.45) is 0 Å². The maximum absolute atomic E-state index is 12.7. The van der Waals surface area contributed by atoms with Gasteiger partial charge in [0.05, 0.1) is 5.56 Å². The van der Waals surface area contributed by atoms with Crippen LogP contribution in [-0.2, 0) is 0 Å². The van der Waals surface area contributed by atoms with Crippen LogP contribution in [-0.4, -0.2) is 61.8 Å². The summed E-state index contributed by atoms with van der Waals surface area (Å²) in [7, 11) is 0. The van der Waals surface area contributed by atoms with Gasteiger partial charge in [-0.25, -0.2) is 0 Å². The minimum Gasteiger partial charge on any atom is -0.353 e. The molecule has 0 atom stereocenters. The molecule has 0 spiro atoms. The van der Waals surface area contributed by atoms with Crippen molar-refractivity contribution in [3.63, 3.8) is 0 Å². The zero-order chi connectivity index (χ0) is 18.9. The number of rotatable bonds is 3. The van der Waals surface area contributed by atoms with Crippen LogP contribution in [0.1, 0.15) is 47.8 Å². The summed E-state index contributed by atoms with van der Waals surface area (Å²) < 4.78 is 1.91. The van der Waals surface area contributed by atoms with Crippen LogP contribution in [0, 0.1) is 0 Å². The second-order valence-electron chi connectivity index (χ2n) is 7.52. The molecule has 0 N–H and O–H groups in total. The minimum atomic E-state index is 0.0458. The van der Waals surface area contributed by atoms with Gasteiger partial charge in [-0.1, -0.05) is 6.42 Å². The first kappa shape index (κ1) is 17.1. The number of carbonyl (C=O) groups excluding carboxylic acids is 1. The van der Waals surface area contributed by atoms with Crippen molar-refractivity contribution < 1.29 is 4.79 Å². The average molecular weight is 377 g/mol. The summed E-state index contributed by atoms with van der Waals surface area (Å²) in [5, 5.41) is 13.5. The topological polar surface area (TPSA) is 79.5 Å². The van der Waals surface area contributed by atoms with Gasteiger partial charge in [0.15, 0.2) is 11.5 Å². The van der Waals surface area contributed by atoms with Gasteiger partial charge in [-0.05, 0) is 43.5 Å². The van der Waals surface area contributed by atoms with Gasteiger partial charge >= 0.3 is 0 Å². The van der Waals surface area contributed by atoms with Crippen LogP contribution >= 0.6 is 0 Å². The van der Waals surface area contributed by atoms with Gasteiger partial charge in [-0.2, -0.15) is 4.52 Å². The van der Waals surface area contributed by atoms with Crippen LogP contribution in [0.5, 0.6) is 0 Å². The molecular weight excluding hydrogens is 354 g/mol. The van der Waals surface area contributed by atoms with E-state index in [1.165, 1.54) is 19.3 Å². The quantitative estimate of drug-likeness (QED) is 0.696. The zero-order valence-corrected chi connectivity index (χ0v) is 15.7. The molecule has 3 aromatic heterocycles. The van der Waals surface area contributed by atoms with Gasteiger partial charge in [-0.3, -0.25) is 9.78 Å². The first-order valence-corrected chi connectivity index (χ1v) is 9.96. The molecule has 5 rings (SSSR count). The molecule has 2 aliphatic rings. The largest absolute Gasteiger partial charge is 0.353 e. The number of hydrogen-bond acceptors (Lipinski definition) is 6. The number of pyridine rings is 1. The smallest absolute Gasteiger partial charge is 0.255 e. The molecule has 0 aromatic carbocycles. The molecule has 3 aromatic rings. The summed E-state index contributed by atoms with van der Waals surface area (Å²) >= 11 is 0. The minimum absolute atomic E-state index is 0.0458. The highest BCUT2D eigenvalue weighted by Crippen LogP contribution is 2.35. The fraction of sp³-hybridized carbons (Fsp3) is 0.450. The van der Waals surface area contributed by atoms with Crippen LogP contribution in [0.4, 0.5) is 5.82 Å².